The zero-order valence-corrected chi connectivity index (χ0v) is 19.4. The van der Waals surface area contributed by atoms with Gasteiger partial charge in [0.25, 0.3) is 0 Å². The van der Waals surface area contributed by atoms with Gasteiger partial charge in [0.2, 0.25) is 5.82 Å². The van der Waals surface area contributed by atoms with E-state index in [1.54, 1.807) is 6.07 Å². The van der Waals surface area contributed by atoms with Crippen LogP contribution < -0.4 is 10.0 Å². The number of nitrogens with two attached hydrogens (primary N) is 1. The van der Waals surface area contributed by atoms with Crippen molar-refractivity contribution in [2.75, 3.05) is 37.6 Å². The van der Waals surface area contributed by atoms with Crippen LogP contribution in [0.15, 0.2) is 41.4 Å². The van der Waals surface area contributed by atoms with Crippen LogP contribution >= 0.6 is 0 Å². The molecular formula is C22H30N8OS. The molecule has 0 radical (unpaired) electrons. The molecule has 2 aromatic heterocycles. The lowest BCUT2D eigenvalue weighted by Crippen LogP contribution is -2.51. The maximum absolute atomic E-state index is 12.1. The second-order valence-corrected chi connectivity index (χ2v) is 8.93. The summed E-state index contributed by atoms with van der Waals surface area (Å²) in [6, 6.07) is 9.53. The molecule has 32 heavy (non-hydrogen) atoms. The van der Waals surface area contributed by atoms with Crippen molar-refractivity contribution in [3.05, 3.63) is 36.5 Å². The van der Waals surface area contributed by atoms with E-state index in [0.29, 0.717) is 16.3 Å². The van der Waals surface area contributed by atoms with Gasteiger partial charge in [-0.2, -0.15) is 5.21 Å². The van der Waals surface area contributed by atoms with E-state index in [4.69, 9.17) is 5.14 Å². The predicted octanol–water partition coefficient (Wildman–Crippen LogP) is 2.47. The first-order valence-electron chi connectivity index (χ1n) is 11.2. The van der Waals surface area contributed by atoms with Gasteiger partial charge in [0, 0.05) is 42.9 Å². The molecule has 3 N–H and O–H groups in total. The number of pyridine rings is 1. The molecule has 0 saturated carbocycles. The molecule has 1 unspecified atom stereocenters. The molecule has 2 aliphatic rings. The summed E-state index contributed by atoms with van der Waals surface area (Å²) in [6.45, 7) is 9.81. The minimum Gasteiger partial charge on any atom is -0.356 e. The van der Waals surface area contributed by atoms with Crippen molar-refractivity contribution in [1.29, 1.82) is 0 Å². The molecule has 2 saturated heterocycles. The van der Waals surface area contributed by atoms with Gasteiger partial charge in [-0.15, -0.1) is 10.2 Å². The van der Waals surface area contributed by atoms with Gasteiger partial charge >= 0.3 is 0 Å². The Balaban J connectivity index is 0.00000119. The van der Waals surface area contributed by atoms with Crippen molar-refractivity contribution in [3.8, 4) is 22.5 Å². The number of aromatic amines is 1. The van der Waals surface area contributed by atoms with E-state index < -0.39 is 11.0 Å². The molecule has 5 rings (SSSR count). The number of nitrogens with one attached hydrogen (secondary N) is 1. The number of aromatic nitrogens is 5. The summed E-state index contributed by atoms with van der Waals surface area (Å²) in [5.74, 6) is 2.07. The van der Waals surface area contributed by atoms with Crippen LogP contribution in [0.5, 0.6) is 0 Å². The van der Waals surface area contributed by atoms with Crippen molar-refractivity contribution in [1.82, 2.24) is 30.5 Å². The average molecular weight is 455 g/mol. The number of H-pyrrole nitrogens is 1. The van der Waals surface area contributed by atoms with E-state index in [-0.39, 0.29) is 0 Å². The predicted molar refractivity (Wildman–Crippen MR) is 126 cm³/mol. The molecule has 1 aromatic carbocycles. The minimum atomic E-state index is -1.67. The zero-order valence-electron chi connectivity index (χ0n) is 18.6. The summed E-state index contributed by atoms with van der Waals surface area (Å²) in [4.78, 5) is 10.0. The molecule has 2 aliphatic heterocycles. The highest BCUT2D eigenvalue weighted by atomic mass is 32.2. The highest BCUT2D eigenvalue weighted by Gasteiger charge is 2.30. The summed E-state index contributed by atoms with van der Waals surface area (Å²) in [5, 5.41) is 19.9. The number of tetrazole rings is 1. The standard InChI is InChI=1S/C20H24N8OS.C2H6/c21-30(29)17-5-3-4-16(19(17)20-23-25-26-24-20)15-6-7-18(22-10-15)28-12-14(13-28)11-27-8-1-2-9-27;1-2/h3-7,10,14H,1-2,8-9,11-13,21H2,(H,23,24,25,26);1-2H3. The Bertz CT molecular complexity index is 1030. The van der Waals surface area contributed by atoms with Gasteiger partial charge in [-0.05, 0) is 54.9 Å². The Morgan fingerprint density at radius 3 is 2.56 bits per heavy atom. The molecule has 0 amide bonds. The third-order valence-corrected chi connectivity index (χ3v) is 6.64. The van der Waals surface area contributed by atoms with Crippen LogP contribution in [0.3, 0.4) is 0 Å². The lowest BCUT2D eigenvalue weighted by molar-refractivity contribution is 0.247. The van der Waals surface area contributed by atoms with Crippen LogP contribution in [0.2, 0.25) is 0 Å². The van der Waals surface area contributed by atoms with Gasteiger partial charge < -0.3 is 9.80 Å². The highest BCUT2D eigenvalue weighted by molar-refractivity contribution is 7.82. The first-order chi connectivity index (χ1) is 15.7. The third kappa shape index (κ3) is 4.72. The lowest BCUT2D eigenvalue weighted by Gasteiger charge is -2.41. The molecule has 2 fully saturated rings. The maximum atomic E-state index is 12.1. The molecule has 0 bridgehead atoms. The molecule has 4 heterocycles. The second-order valence-electron chi connectivity index (χ2n) is 7.90. The Morgan fingerprint density at radius 2 is 1.94 bits per heavy atom. The number of benzene rings is 1. The molecule has 0 spiro atoms. The monoisotopic (exact) mass is 454 g/mol. The number of hydrogen-bond donors (Lipinski definition) is 2. The molecule has 170 valence electrons. The Morgan fingerprint density at radius 1 is 1.16 bits per heavy atom. The third-order valence-electron chi connectivity index (χ3n) is 5.87. The van der Waals surface area contributed by atoms with Crippen LogP contribution in [0.25, 0.3) is 22.5 Å². The van der Waals surface area contributed by atoms with E-state index in [0.717, 1.165) is 36.0 Å². The van der Waals surface area contributed by atoms with Crippen LogP contribution in [0.1, 0.15) is 26.7 Å². The van der Waals surface area contributed by atoms with Crippen LogP contribution in [-0.2, 0) is 11.0 Å². The topological polar surface area (TPSA) is 117 Å². The Kier molecular flexibility index (Phi) is 7.23. The number of likely N-dealkylation sites (tertiary alicyclic amines) is 1. The average Bonchev–Trinajstić information content (AvgIpc) is 3.51. The summed E-state index contributed by atoms with van der Waals surface area (Å²) >= 11 is 0. The molecule has 0 aliphatic carbocycles. The zero-order chi connectivity index (χ0) is 22.5. The van der Waals surface area contributed by atoms with Crippen molar-refractivity contribution in [3.63, 3.8) is 0 Å². The van der Waals surface area contributed by atoms with Crippen LogP contribution in [0, 0.1) is 5.92 Å². The first-order valence-corrected chi connectivity index (χ1v) is 12.4. The fourth-order valence-electron chi connectivity index (χ4n) is 4.37. The second kappa shape index (κ2) is 10.3. The fraction of sp³-hybridized carbons (Fsp3) is 0.455. The lowest BCUT2D eigenvalue weighted by atomic mass is 9.98. The van der Waals surface area contributed by atoms with E-state index in [1.807, 2.05) is 44.3 Å². The largest absolute Gasteiger partial charge is 0.356 e. The van der Waals surface area contributed by atoms with E-state index >= 15 is 0 Å². The van der Waals surface area contributed by atoms with Crippen molar-refractivity contribution >= 4 is 16.8 Å². The molecule has 1 atom stereocenters. The van der Waals surface area contributed by atoms with Crippen molar-refractivity contribution in [2.24, 2.45) is 11.1 Å². The summed E-state index contributed by atoms with van der Waals surface area (Å²) in [6.07, 6.45) is 4.51. The summed E-state index contributed by atoms with van der Waals surface area (Å²) < 4.78 is 12.1. The van der Waals surface area contributed by atoms with Gasteiger partial charge in [0.1, 0.15) is 16.8 Å². The molecule has 3 aromatic rings. The quantitative estimate of drug-likeness (QED) is 0.587. The van der Waals surface area contributed by atoms with Crippen LogP contribution in [0.4, 0.5) is 5.82 Å². The maximum Gasteiger partial charge on any atom is 0.206 e. The molecule has 10 heteroatoms. The minimum absolute atomic E-state index is 0.357. The van der Waals surface area contributed by atoms with Crippen molar-refractivity contribution < 1.29 is 4.21 Å². The fourth-order valence-corrected chi connectivity index (χ4v) is 4.99. The smallest absolute Gasteiger partial charge is 0.206 e. The Labute approximate surface area is 191 Å². The van der Waals surface area contributed by atoms with E-state index in [2.05, 4.69) is 35.4 Å². The summed E-state index contributed by atoms with van der Waals surface area (Å²) in [5.41, 5.74) is 2.32. The van der Waals surface area contributed by atoms with E-state index in [9.17, 15) is 4.21 Å². The van der Waals surface area contributed by atoms with Crippen molar-refractivity contribution in [2.45, 2.75) is 31.6 Å². The molecular weight excluding hydrogens is 424 g/mol. The highest BCUT2D eigenvalue weighted by Crippen LogP contribution is 2.34. The Hall–Kier alpha value is -2.69. The SMILES string of the molecule is CC.NS(=O)c1cccc(-c2ccc(N3CC(CN4CCCC4)C3)nc2)c1-c1nn[nH]n1. The first kappa shape index (κ1) is 22.5. The normalized spacial score (nSPS) is 17.5. The summed E-state index contributed by atoms with van der Waals surface area (Å²) in [7, 11) is -1.67. The van der Waals surface area contributed by atoms with Gasteiger partial charge in [-0.1, -0.05) is 26.0 Å². The number of nitrogens with zero attached hydrogens (tertiary/aromatic N) is 6. The van der Waals surface area contributed by atoms with Gasteiger partial charge in [0.15, 0.2) is 0 Å². The van der Waals surface area contributed by atoms with Gasteiger partial charge in [-0.3, -0.25) is 0 Å². The van der Waals surface area contributed by atoms with Gasteiger partial charge in [-0.25, -0.2) is 14.3 Å². The molecule has 9 nitrogen and oxygen atoms in total. The van der Waals surface area contributed by atoms with E-state index in [1.165, 1.54) is 32.5 Å². The van der Waals surface area contributed by atoms with Crippen LogP contribution in [-0.4, -0.2) is 67.4 Å². The number of anilines is 1. The van der Waals surface area contributed by atoms with Gasteiger partial charge in [0.05, 0.1) is 4.90 Å². The number of hydrogen-bond acceptors (Lipinski definition) is 7. The number of rotatable bonds is 6.